The molecule has 0 bridgehead atoms. The smallest absolute Gasteiger partial charge is 0.262 e. The van der Waals surface area contributed by atoms with Gasteiger partial charge in [0, 0.05) is 12.2 Å². The van der Waals surface area contributed by atoms with E-state index in [1.54, 1.807) is 11.0 Å². The van der Waals surface area contributed by atoms with Crippen molar-refractivity contribution in [2.24, 2.45) is 0 Å². The molecule has 31 heavy (non-hydrogen) atoms. The Bertz CT molecular complexity index is 976. The van der Waals surface area contributed by atoms with Gasteiger partial charge in [-0.15, -0.1) is 0 Å². The molecule has 2 aromatic carbocycles. The van der Waals surface area contributed by atoms with Gasteiger partial charge in [-0.2, -0.15) is 0 Å². The van der Waals surface area contributed by atoms with Crippen LogP contribution in [0.25, 0.3) is 0 Å². The number of amides is 3. The second-order valence-electron chi connectivity index (χ2n) is 7.42. The van der Waals surface area contributed by atoms with Gasteiger partial charge >= 0.3 is 0 Å². The van der Waals surface area contributed by atoms with Crippen molar-refractivity contribution < 1.29 is 19.1 Å². The molecular formula is C23H28N4O4. The van der Waals surface area contributed by atoms with Crippen LogP contribution in [-0.2, 0) is 14.4 Å². The first-order valence-corrected chi connectivity index (χ1v) is 10.3. The minimum absolute atomic E-state index is 0.00698. The number of carbonyl (C=O) groups is 3. The molecular weight excluding hydrogens is 396 g/mol. The van der Waals surface area contributed by atoms with Crippen LogP contribution in [0.2, 0.25) is 0 Å². The number of likely N-dealkylation sites (N-methyl/N-ethyl adjacent to an activating group) is 1. The van der Waals surface area contributed by atoms with Crippen molar-refractivity contribution in [3.05, 3.63) is 53.6 Å². The fourth-order valence-electron chi connectivity index (χ4n) is 3.37. The SMILES string of the molecule is CCNC(=O)C1CN(CC(=O)NCC(=O)Nc2cccc(C)c2C)c2ccccc2O1. The largest absolute Gasteiger partial charge is 0.477 e. The first-order valence-electron chi connectivity index (χ1n) is 10.3. The van der Waals surface area contributed by atoms with E-state index in [0.717, 1.165) is 22.5 Å². The van der Waals surface area contributed by atoms with Gasteiger partial charge in [-0.1, -0.05) is 24.3 Å². The molecule has 0 spiro atoms. The molecule has 3 amide bonds. The van der Waals surface area contributed by atoms with Crippen LogP contribution in [0, 0.1) is 13.8 Å². The molecule has 0 aliphatic carbocycles. The molecule has 164 valence electrons. The van der Waals surface area contributed by atoms with E-state index in [0.29, 0.717) is 12.3 Å². The molecule has 1 heterocycles. The van der Waals surface area contributed by atoms with Crippen LogP contribution in [0.5, 0.6) is 5.75 Å². The van der Waals surface area contributed by atoms with E-state index in [1.807, 2.05) is 57.2 Å². The lowest BCUT2D eigenvalue weighted by atomic mass is 10.1. The number of hydrogen-bond donors (Lipinski definition) is 3. The van der Waals surface area contributed by atoms with Crippen LogP contribution >= 0.6 is 0 Å². The summed E-state index contributed by atoms with van der Waals surface area (Å²) in [6.07, 6.45) is -0.713. The average Bonchev–Trinajstić information content (AvgIpc) is 2.75. The Morgan fingerprint density at radius 2 is 1.81 bits per heavy atom. The number of anilines is 2. The summed E-state index contributed by atoms with van der Waals surface area (Å²) in [6, 6.07) is 12.9. The zero-order valence-electron chi connectivity index (χ0n) is 18.0. The highest BCUT2D eigenvalue weighted by atomic mass is 16.5. The lowest BCUT2D eigenvalue weighted by Crippen LogP contribution is -2.51. The second kappa shape index (κ2) is 9.97. The van der Waals surface area contributed by atoms with Crippen LogP contribution in [0.4, 0.5) is 11.4 Å². The van der Waals surface area contributed by atoms with Gasteiger partial charge in [-0.3, -0.25) is 14.4 Å². The number of ether oxygens (including phenoxy) is 1. The van der Waals surface area contributed by atoms with Gasteiger partial charge in [0.25, 0.3) is 5.91 Å². The van der Waals surface area contributed by atoms with E-state index in [-0.39, 0.29) is 37.4 Å². The molecule has 1 aliphatic rings. The molecule has 8 nitrogen and oxygen atoms in total. The van der Waals surface area contributed by atoms with Gasteiger partial charge in [-0.05, 0) is 50.1 Å². The molecule has 1 aliphatic heterocycles. The number of hydrogen-bond acceptors (Lipinski definition) is 5. The molecule has 0 fully saturated rings. The first-order chi connectivity index (χ1) is 14.9. The molecule has 0 aromatic heterocycles. The Morgan fingerprint density at radius 1 is 1.03 bits per heavy atom. The predicted octanol–water partition coefficient (Wildman–Crippen LogP) is 1.76. The van der Waals surface area contributed by atoms with Gasteiger partial charge in [-0.25, -0.2) is 0 Å². The zero-order chi connectivity index (χ0) is 22.4. The molecule has 1 atom stereocenters. The summed E-state index contributed by atoms with van der Waals surface area (Å²) in [5.41, 5.74) is 3.53. The van der Waals surface area contributed by atoms with Gasteiger partial charge < -0.3 is 25.6 Å². The van der Waals surface area contributed by atoms with Crippen LogP contribution in [-0.4, -0.2) is 50.0 Å². The third kappa shape index (κ3) is 5.53. The molecule has 3 rings (SSSR count). The highest BCUT2D eigenvalue weighted by Crippen LogP contribution is 2.32. The Balaban J connectivity index is 1.59. The minimum Gasteiger partial charge on any atom is -0.477 e. The highest BCUT2D eigenvalue weighted by molar-refractivity contribution is 5.96. The standard InChI is InChI=1S/C23H28N4O4/c1-4-24-23(30)20-13-27(18-10-5-6-11-19(18)31-20)14-22(29)25-12-21(28)26-17-9-7-8-15(2)16(17)3/h5-11,20H,4,12-14H2,1-3H3,(H,24,30)(H,25,29)(H,26,28). The Hall–Kier alpha value is -3.55. The maximum atomic E-state index is 12.5. The summed E-state index contributed by atoms with van der Waals surface area (Å²) in [7, 11) is 0. The zero-order valence-corrected chi connectivity index (χ0v) is 18.0. The maximum absolute atomic E-state index is 12.5. The maximum Gasteiger partial charge on any atom is 0.262 e. The third-order valence-electron chi connectivity index (χ3n) is 5.16. The summed E-state index contributed by atoms with van der Waals surface area (Å²) in [4.78, 5) is 38.9. The number of aryl methyl sites for hydroxylation is 1. The van der Waals surface area contributed by atoms with Crippen LogP contribution in [0.15, 0.2) is 42.5 Å². The van der Waals surface area contributed by atoms with Gasteiger partial charge in [0.05, 0.1) is 25.3 Å². The molecule has 0 radical (unpaired) electrons. The summed E-state index contributed by atoms with van der Waals surface area (Å²) in [6.45, 7) is 6.35. The van der Waals surface area contributed by atoms with E-state index >= 15 is 0 Å². The number of benzene rings is 2. The van der Waals surface area contributed by atoms with Crippen molar-refractivity contribution in [1.82, 2.24) is 10.6 Å². The number of rotatable bonds is 7. The molecule has 0 saturated heterocycles. The fraction of sp³-hybridized carbons (Fsp3) is 0.348. The van der Waals surface area contributed by atoms with Crippen molar-refractivity contribution in [2.75, 3.05) is 36.4 Å². The lowest BCUT2D eigenvalue weighted by molar-refractivity contribution is -0.128. The van der Waals surface area contributed by atoms with Gasteiger partial charge in [0.1, 0.15) is 5.75 Å². The number of nitrogens with one attached hydrogen (secondary N) is 3. The van der Waals surface area contributed by atoms with E-state index < -0.39 is 6.10 Å². The number of carbonyl (C=O) groups excluding carboxylic acids is 3. The predicted molar refractivity (Wildman–Crippen MR) is 119 cm³/mol. The lowest BCUT2D eigenvalue weighted by Gasteiger charge is -2.35. The normalized spacial score (nSPS) is 14.8. The van der Waals surface area contributed by atoms with Crippen molar-refractivity contribution in [1.29, 1.82) is 0 Å². The van der Waals surface area contributed by atoms with Crippen LogP contribution in [0.1, 0.15) is 18.1 Å². The average molecular weight is 425 g/mol. The Labute approximate surface area is 182 Å². The minimum atomic E-state index is -0.713. The molecule has 2 aromatic rings. The third-order valence-corrected chi connectivity index (χ3v) is 5.16. The summed E-state index contributed by atoms with van der Waals surface area (Å²) >= 11 is 0. The number of fused-ring (bicyclic) bond motifs is 1. The summed E-state index contributed by atoms with van der Waals surface area (Å²) in [5.74, 6) is -0.298. The van der Waals surface area contributed by atoms with Crippen LogP contribution < -0.4 is 25.6 Å². The fourth-order valence-corrected chi connectivity index (χ4v) is 3.37. The van der Waals surface area contributed by atoms with Crippen molar-refractivity contribution >= 4 is 29.1 Å². The highest BCUT2D eigenvalue weighted by Gasteiger charge is 2.31. The summed E-state index contributed by atoms with van der Waals surface area (Å²) in [5, 5.41) is 8.22. The molecule has 1 unspecified atom stereocenters. The van der Waals surface area contributed by atoms with Crippen molar-refractivity contribution in [3.63, 3.8) is 0 Å². The van der Waals surface area contributed by atoms with Gasteiger partial charge in [0.2, 0.25) is 11.8 Å². The van der Waals surface area contributed by atoms with E-state index in [9.17, 15) is 14.4 Å². The van der Waals surface area contributed by atoms with Gasteiger partial charge in [0.15, 0.2) is 6.10 Å². The Morgan fingerprint density at radius 3 is 2.58 bits per heavy atom. The van der Waals surface area contributed by atoms with E-state index in [1.165, 1.54) is 0 Å². The molecule has 3 N–H and O–H groups in total. The van der Waals surface area contributed by atoms with Crippen LogP contribution in [0.3, 0.4) is 0 Å². The van der Waals surface area contributed by atoms with E-state index in [2.05, 4.69) is 16.0 Å². The molecule has 0 saturated carbocycles. The number of nitrogens with zero attached hydrogens (tertiary/aromatic N) is 1. The first kappa shape index (κ1) is 22.1. The van der Waals surface area contributed by atoms with Crippen molar-refractivity contribution in [2.45, 2.75) is 26.9 Å². The van der Waals surface area contributed by atoms with Crippen molar-refractivity contribution in [3.8, 4) is 5.75 Å². The topological polar surface area (TPSA) is 99.8 Å². The number of para-hydroxylation sites is 2. The Kier molecular flexibility index (Phi) is 7.12. The molecule has 8 heteroatoms. The van der Waals surface area contributed by atoms with E-state index in [4.69, 9.17) is 4.74 Å². The summed E-state index contributed by atoms with van der Waals surface area (Å²) < 4.78 is 5.79. The second-order valence-corrected chi connectivity index (χ2v) is 7.42. The monoisotopic (exact) mass is 424 g/mol. The quantitative estimate of drug-likeness (QED) is 0.629.